The Kier molecular flexibility index (Phi) is 8.22. The summed E-state index contributed by atoms with van der Waals surface area (Å²) in [6.07, 6.45) is 1.50. The smallest absolute Gasteiger partial charge is 0.224 e. The van der Waals surface area contributed by atoms with Gasteiger partial charge in [-0.1, -0.05) is 45.0 Å². The molecule has 0 saturated carbocycles. The maximum atomic E-state index is 11.3. The van der Waals surface area contributed by atoms with Crippen LogP contribution in [0.1, 0.15) is 38.8 Å². The minimum atomic E-state index is 0.0979. The molecule has 1 aromatic carbocycles. The van der Waals surface area contributed by atoms with Crippen LogP contribution < -0.4 is 5.32 Å². The molecular weight excluding hydrogens is 198 g/mol. The second-order valence-corrected chi connectivity index (χ2v) is 3.30. The van der Waals surface area contributed by atoms with E-state index >= 15 is 0 Å². The van der Waals surface area contributed by atoms with Crippen LogP contribution in [0.5, 0.6) is 0 Å². The van der Waals surface area contributed by atoms with E-state index < -0.39 is 0 Å². The summed E-state index contributed by atoms with van der Waals surface area (Å²) in [5.74, 6) is 0.0979. The molecule has 0 aromatic heterocycles. The minimum absolute atomic E-state index is 0.0979. The van der Waals surface area contributed by atoms with Crippen molar-refractivity contribution >= 4 is 5.91 Å². The van der Waals surface area contributed by atoms with Crippen LogP contribution in [0.25, 0.3) is 0 Å². The number of aryl methyl sites for hydroxylation is 1. The Labute approximate surface area is 99.1 Å². The predicted molar refractivity (Wildman–Crippen MR) is 69.6 cm³/mol. The van der Waals surface area contributed by atoms with Gasteiger partial charge in [-0.05, 0) is 24.5 Å². The minimum Gasteiger partial charge on any atom is -0.356 e. The van der Waals surface area contributed by atoms with Gasteiger partial charge in [0, 0.05) is 6.54 Å². The normalized spacial score (nSPS) is 9.00. The molecule has 0 aliphatic carbocycles. The maximum Gasteiger partial charge on any atom is 0.224 e. The van der Waals surface area contributed by atoms with Gasteiger partial charge in [-0.3, -0.25) is 4.79 Å². The van der Waals surface area contributed by atoms with Crippen molar-refractivity contribution in [2.75, 3.05) is 6.54 Å². The number of amides is 1. The Hall–Kier alpha value is -1.31. The third-order valence-electron chi connectivity index (χ3n) is 2.14. The van der Waals surface area contributed by atoms with Crippen molar-refractivity contribution in [3.63, 3.8) is 0 Å². The number of nitrogens with one attached hydrogen (secondary N) is 1. The van der Waals surface area contributed by atoms with E-state index in [0.29, 0.717) is 13.0 Å². The molecule has 1 aromatic rings. The van der Waals surface area contributed by atoms with Crippen molar-refractivity contribution in [2.24, 2.45) is 0 Å². The number of hydrogen-bond donors (Lipinski definition) is 1. The highest BCUT2D eigenvalue weighted by molar-refractivity contribution is 5.78. The molecule has 16 heavy (non-hydrogen) atoms. The Bertz CT molecular complexity index is 307. The second-order valence-electron chi connectivity index (χ2n) is 3.30. The summed E-state index contributed by atoms with van der Waals surface area (Å²) < 4.78 is 0. The van der Waals surface area contributed by atoms with Crippen molar-refractivity contribution in [3.05, 3.63) is 35.4 Å². The average Bonchev–Trinajstić information content (AvgIpc) is 2.32. The largest absolute Gasteiger partial charge is 0.356 e. The van der Waals surface area contributed by atoms with Crippen molar-refractivity contribution in [3.8, 4) is 0 Å². The molecule has 0 aliphatic rings. The quantitative estimate of drug-likeness (QED) is 0.832. The summed E-state index contributed by atoms with van der Waals surface area (Å²) in [4.78, 5) is 11.3. The van der Waals surface area contributed by atoms with E-state index in [-0.39, 0.29) is 5.91 Å². The van der Waals surface area contributed by atoms with Gasteiger partial charge in [-0.15, -0.1) is 0 Å². The molecular formula is C14H23NO. The molecule has 0 spiro atoms. The number of hydrogen-bond acceptors (Lipinski definition) is 1. The van der Waals surface area contributed by atoms with Gasteiger partial charge in [0.25, 0.3) is 0 Å². The van der Waals surface area contributed by atoms with Crippen molar-refractivity contribution in [1.82, 2.24) is 5.32 Å². The molecule has 2 heteroatoms. The van der Waals surface area contributed by atoms with E-state index in [4.69, 9.17) is 0 Å². The predicted octanol–water partition coefficient (Wildman–Crippen LogP) is 2.95. The fraction of sp³-hybridized carbons (Fsp3) is 0.500. The third kappa shape index (κ3) is 5.54. The summed E-state index contributed by atoms with van der Waals surface area (Å²) in [6.45, 7) is 8.75. The zero-order valence-electron chi connectivity index (χ0n) is 10.8. The Morgan fingerprint density at radius 1 is 1.19 bits per heavy atom. The molecule has 1 amide bonds. The molecule has 0 radical (unpaired) electrons. The number of carbonyl (C=O) groups is 1. The summed E-state index contributed by atoms with van der Waals surface area (Å²) in [7, 11) is 0. The van der Waals surface area contributed by atoms with Gasteiger partial charge in [-0.25, -0.2) is 0 Å². The third-order valence-corrected chi connectivity index (χ3v) is 2.14. The summed E-state index contributed by atoms with van der Waals surface area (Å²) in [5.41, 5.74) is 2.38. The van der Waals surface area contributed by atoms with E-state index in [1.54, 1.807) is 0 Å². The highest BCUT2D eigenvalue weighted by Gasteiger charge is 2.01. The van der Waals surface area contributed by atoms with E-state index in [1.165, 1.54) is 5.56 Å². The Morgan fingerprint density at radius 2 is 1.81 bits per heavy atom. The molecule has 0 saturated heterocycles. The average molecular weight is 221 g/mol. The lowest BCUT2D eigenvalue weighted by atomic mass is 10.1. The summed E-state index contributed by atoms with van der Waals surface area (Å²) in [6, 6.07) is 8.18. The van der Waals surface area contributed by atoms with Crippen LogP contribution in [0.4, 0.5) is 0 Å². The number of likely N-dealkylation sites (N-methyl/N-ethyl adjacent to an activating group) is 1. The van der Waals surface area contributed by atoms with E-state index in [1.807, 2.05) is 32.9 Å². The van der Waals surface area contributed by atoms with Gasteiger partial charge in [0.15, 0.2) is 0 Å². The van der Waals surface area contributed by atoms with Gasteiger partial charge >= 0.3 is 0 Å². The first-order valence-electron chi connectivity index (χ1n) is 6.10. The highest BCUT2D eigenvalue weighted by atomic mass is 16.1. The lowest BCUT2D eigenvalue weighted by Crippen LogP contribution is -2.24. The molecule has 0 unspecified atom stereocenters. The van der Waals surface area contributed by atoms with Gasteiger partial charge in [-0.2, -0.15) is 0 Å². The number of benzene rings is 1. The van der Waals surface area contributed by atoms with Crippen LogP contribution in [0.3, 0.4) is 0 Å². The SMILES string of the molecule is CC.CCNC(=O)Cc1cccc(CC)c1. The van der Waals surface area contributed by atoms with E-state index in [2.05, 4.69) is 24.4 Å². The van der Waals surface area contributed by atoms with E-state index in [0.717, 1.165) is 12.0 Å². The van der Waals surface area contributed by atoms with Crippen molar-refractivity contribution in [1.29, 1.82) is 0 Å². The van der Waals surface area contributed by atoms with Gasteiger partial charge in [0.2, 0.25) is 5.91 Å². The molecule has 0 aliphatic heterocycles. The highest BCUT2D eigenvalue weighted by Crippen LogP contribution is 2.06. The lowest BCUT2D eigenvalue weighted by Gasteiger charge is -2.03. The van der Waals surface area contributed by atoms with Gasteiger partial charge in [0.05, 0.1) is 6.42 Å². The van der Waals surface area contributed by atoms with Crippen LogP contribution in [0.2, 0.25) is 0 Å². The van der Waals surface area contributed by atoms with Crippen molar-refractivity contribution in [2.45, 2.75) is 40.5 Å². The van der Waals surface area contributed by atoms with Crippen LogP contribution in [0.15, 0.2) is 24.3 Å². The summed E-state index contributed by atoms with van der Waals surface area (Å²) >= 11 is 0. The molecule has 2 nitrogen and oxygen atoms in total. The monoisotopic (exact) mass is 221 g/mol. The maximum absolute atomic E-state index is 11.3. The molecule has 0 heterocycles. The fourth-order valence-corrected chi connectivity index (χ4v) is 1.40. The molecule has 0 atom stereocenters. The first-order valence-corrected chi connectivity index (χ1v) is 6.10. The molecule has 0 fully saturated rings. The van der Waals surface area contributed by atoms with Crippen molar-refractivity contribution < 1.29 is 4.79 Å². The molecule has 1 rings (SSSR count). The molecule has 90 valence electrons. The Morgan fingerprint density at radius 3 is 2.38 bits per heavy atom. The molecule has 1 N–H and O–H groups in total. The zero-order chi connectivity index (χ0) is 12.4. The molecule has 0 bridgehead atoms. The number of rotatable bonds is 4. The number of carbonyl (C=O) groups excluding carboxylic acids is 1. The van der Waals surface area contributed by atoms with Gasteiger partial charge in [0.1, 0.15) is 0 Å². The first-order chi connectivity index (χ1) is 7.76. The van der Waals surface area contributed by atoms with Crippen LogP contribution in [-0.4, -0.2) is 12.5 Å². The van der Waals surface area contributed by atoms with Crippen LogP contribution in [-0.2, 0) is 17.6 Å². The van der Waals surface area contributed by atoms with Gasteiger partial charge < -0.3 is 5.32 Å². The Balaban J connectivity index is 0.00000106. The second kappa shape index (κ2) is 8.96. The van der Waals surface area contributed by atoms with E-state index in [9.17, 15) is 4.79 Å². The summed E-state index contributed by atoms with van der Waals surface area (Å²) in [5, 5.41) is 2.79. The topological polar surface area (TPSA) is 29.1 Å². The first kappa shape index (κ1) is 14.7. The lowest BCUT2D eigenvalue weighted by molar-refractivity contribution is -0.120. The zero-order valence-corrected chi connectivity index (χ0v) is 10.8. The van der Waals surface area contributed by atoms with Crippen LogP contribution in [0, 0.1) is 0 Å². The van der Waals surface area contributed by atoms with Crippen LogP contribution >= 0.6 is 0 Å². The fourth-order valence-electron chi connectivity index (χ4n) is 1.40. The standard InChI is InChI=1S/C12H17NO.C2H6/c1-3-10-6-5-7-11(8-10)9-12(14)13-4-2;1-2/h5-8H,3-4,9H2,1-2H3,(H,13,14);1-2H3.